The highest BCUT2D eigenvalue weighted by Crippen LogP contribution is 2.27. The Morgan fingerprint density at radius 1 is 1.63 bits per heavy atom. The molecule has 1 aromatic heterocycles. The second-order valence-corrected chi connectivity index (χ2v) is 5.73. The topological polar surface area (TPSA) is 62.7 Å². The molecule has 0 bridgehead atoms. The van der Waals surface area contributed by atoms with Crippen LogP contribution in [0.1, 0.15) is 23.7 Å². The van der Waals surface area contributed by atoms with Crippen molar-refractivity contribution < 1.29 is 14.6 Å². The van der Waals surface area contributed by atoms with E-state index in [1.807, 2.05) is 4.90 Å². The molecule has 2 heterocycles. The van der Waals surface area contributed by atoms with E-state index < -0.39 is 5.97 Å². The molecular formula is C13H17BrN2O3. The summed E-state index contributed by atoms with van der Waals surface area (Å²) in [6.07, 6.45) is 2.71. The minimum Gasteiger partial charge on any atom is -0.478 e. The normalized spacial score (nSPS) is 23.4. The predicted molar refractivity (Wildman–Crippen MR) is 75.7 cm³/mol. The molecule has 5 nitrogen and oxygen atoms in total. The summed E-state index contributed by atoms with van der Waals surface area (Å²) in [6.45, 7) is 3.63. The summed E-state index contributed by atoms with van der Waals surface area (Å²) < 4.78 is 6.12. The molecule has 0 amide bonds. The molecule has 1 N–H and O–H groups in total. The monoisotopic (exact) mass is 328 g/mol. The summed E-state index contributed by atoms with van der Waals surface area (Å²) in [7, 11) is 1.69. The van der Waals surface area contributed by atoms with E-state index >= 15 is 0 Å². The first-order chi connectivity index (χ1) is 9.02. The molecule has 2 rings (SSSR count). The van der Waals surface area contributed by atoms with Gasteiger partial charge in [0.2, 0.25) is 0 Å². The molecule has 1 fully saturated rings. The van der Waals surface area contributed by atoms with E-state index in [2.05, 4.69) is 27.8 Å². The van der Waals surface area contributed by atoms with Gasteiger partial charge in [-0.15, -0.1) is 0 Å². The second-order valence-electron chi connectivity index (χ2n) is 4.82. The molecular weight excluding hydrogens is 312 g/mol. The first-order valence-corrected chi connectivity index (χ1v) is 6.98. The fourth-order valence-electron chi connectivity index (χ4n) is 2.37. The van der Waals surface area contributed by atoms with Gasteiger partial charge in [-0.3, -0.25) is 0 Å². The van der Waals surface area contributed by atoms with Gasteiger partial charge in [0.15, 0.2) is 0 Å². The van der Waals surface area contributed by atoms with E-state index in [4.69, 9.17) is 4.74 Å². The summed E-state index contributed by atoms with van der Waals surface area (Å²) in [5.41, 5.74) is 0.221. The number of hydrogen-bond donors (Lipinski definition) is 1. The zero-order valence-electron chi connectivity index (χ0n) is 11.0. The third-order valence-electron chi connectivity index (χ3n) is 3.56. The highest BCUT2D eigenvalue weighted by molar-refractivity contribution is 9.10. The molecule has 1 aliphatic heterocycles. The van der Waals surface area contributed by atoms with Crippen LogP contribution in [0, 0.1) is 5.92 Å². The molecule has 0 aliphatic carbocycles. The van der Waals surface area contributed by atoms with Gasteiger partial charge in [-0.2, -0.15) is 0 Å². The lowest BCUT2D eigenvalue weighted by Crippen LogP contribution is -2.44. The van der Waals surface area contributed by atoms with Crippen molar-refractivity contribution in [3.8, 4) is 0 Å². The third-order valence-corrected chi connectivity index (χ3v) is 3.99. The van der Waals surface area contributed by atoms with E-state index in [-0.39, 0.29) is 11.7 Å². The molecule has 1 aromatic rings. The second kappa shape index (κ2) is 5.88. The Hall–Kier alpha value is -1.14. The van der Waals surface area contributed by atoms with Crippen molar-refractivity contribution in [1.29, 1.82) is 0 Å². The number of aromatic nitrogens is 1. The zero-order chi connectivity index (χ0) is 14.0. The fourth-order valence-corrected chi connectivity index (χ4v) is 2.71. The van der Waals surface area contributed by atoms with Crippen LogP contribution in [0.3, 0.4) is 0 Å². The first-order valence-electron chi connectivity index (χ1n) is 6.19. The molecule has 0 aromatic carbocycles. The number of hydrogen-bond acceptors (Lipinski definition) is 4. The smallest absolute Gasteiger partial charge is 0.339 e. The van der Waals surface area contributed by atoms with Gasteiger partial charge >= 0.3 is 5.97 Å². The molecule has 0 radical (unpaired) electrons. The lowest BCUT2D eigenvalue weighted by Gasteiger charge is -2.37. The van der Waals surface area contributed by atoms with Crippen LogP contribution in [0.15, 0.2) is 16.7 Å². The van der Waals surface area contributed by atoms with Crippen molar-refractivity contribution in [1.82, 2.24) is 4.98 Å². The summed E-state index contributed by atoms with van der Waals surface area (Å²) in [4.78, 5) is 17.6. The van der Waals surface area contributed by atoms with Crippen molar-refractivity contribution in [2.24, 2.45) is 5.92 Å². The average Bonchev–Trinajstić information content (AvgIpc) is 2.39. The number of carbonyl (C=O) groups is 1. The maximum absolute atomic E-state index is 11.3. The van der Waals surface area contributed by atoms with Crippen molar-refractivity contribution in [3.63, 3.8) is 0 Å². The number of aromatic carboxylic acids is 1. The maximum atomic E-state index is 11.3. The number of methoxy groups -OCH3 is 1. The Kier molecular flexibility index (Phi) is 4.42. The van der Waals surface area contributed by atoms with Crippen molar-refractivity contribution in [2.45, 2.75) is 19.4 Å². The summed E-state index contributed by atoms with van der Waals surface area (Å²) in [6, 6.07) is 1.59. The van der Waals surface area contributed by atoms with Gasteiger partial charge in [-0.25, -0.2) is 9.78 Å². The quantitative estimate of drug-likeness (QED) is 0.923. The maximum Gasteiger partial charge on any atom is 0.339 e. The predicted octanol–water partition coefficient (Wildman–Crippen LogP) is 2.40. The van der Waals surface area contributed by atoms with Crippen LogP contribution < -0.4 is 4.90 Å². The summed E-state index contributed by atoms with van der Waals surface area (Å²) in [5.74, 6) is 0.0333. The number of carboxylic acid groups (broad SMARTS) is 1. The minimum absolute atomic E-state index is 0.112. The molecule has 6 heteroatoms. The molecule has 1 aliphatic rings. The van der Waals surface area contributed by atoms with Crippen LogP contribution in [0.5, 0.6) is 0 Å². The van der Waals surface area contributed by atoms with E-state index in [9.17, 15) is 9.90 Å². The van der Waals surface area contributed by atoms with Crippen LogP contribution in [0.2, 0.25) is 0 Å². The van der Waals surface area contributed by atoms with Crippen LogP contribution in [0.25, 0.3) is 0 Å². The molecule has 2 atom stereocenters. The standard InChI is InChI=1S/C13H17BrN2O3/c1-8-3-4-16(7-11(8)19-2)12-10(13(17)18)5-9(14)6-15-12/h5-6,8,11H,3-4,7H2,1-2H3,(H,17,18). The van der Waals surface area contributed by atoms with Crippen LogP contribution in [0.4, 0.5) is 5.82 Å². The van der Waals surface area contributed by atoms with Crippen LogP contribution >= 0.6 is 15.9 Å². The van der Waals surface area contributed by atoms with E-state index in [0.29, 0.717) is 22.8 Å². The summed E-state index contributed by atoms with van der Waals surface area (Å²) >= 11 is 3.25. The highest BCUT2D eigenvalue weighted by atomic mass is 79.9. The highest BCUT2D eigenvalue weighted by Gasteiger charge is 2.29. The van der Waals surface area contributed by atoms with Crippen molar-refractivity contribution in [3.05, 3.63) is 22.3 Å². The van der Waals surface area contributed by atoms with Crippen LogP contribution in [-0.2, 0) is 4.74 Å². The Morgan fingerprint density at radius 2 is 2.37 bits per heavy atom. The molecule has 2 unspecified atom stereocenters. The van der Waals surface area contributed by atoms with Gasteiger partial charge in [0, 0.05) is 30.9 Å². The van der Waals surface area contributed by atoms with Gasteiger partial charge in [0.1, 0.15) is 11.4 Å². The van der Waals surface area contributed by atoms with Crippen molar-refractivity contribution in [2.75, 3.05) is 25.1 Å². The van der Waals surface area contributed by atoms with Gasteiger partial charge < -0.3 is 14.7 Å². The van der Waals surface area contributed by atoms with Gasteiger partial charge in [-0.1, -0.05) is 6.92 Å². The molecule has 0 spiro atoms. The van der Waals surface area contributed by atoms with Gasteiger partial charge in [-0.05, 0) is 34.3 Å². The largest absolute Gasteiger partial charge is 0.478 e. The number of rotatable bonds is 3. The van der Waals surface area contributed by atoms with Gasteiger partial charge in [0.05, 0.1) is 6.10 Å². The molecule has 104 valence electrons. The number of anilines is 1. The first kappa shape index (κ1) is 14.3. The summed E-state index contributed by atoms with van der Waals surface area (Å²) in [5, 5.41) is 9.28. The lowest BCUT2D eigenvalue weighted by atomic mass is 9.95. The van der Waals surface area contributed by atoms with Crippen molar-refractivity contribution >= 4 is 27.7 Å². The van der Waals surface area contributed by atoms with Gasteiger partial charge in [0.25, 0.3) is 0 Å². The number of pyridine rings is 1. The SMILES string of the molecule is COC1CN(c2ncc(Br)cc2C(=O)O)CCC1C. The Bertz CT molecular complexity index is 481. The average molecular weight is 329 g/mol. The minimum atomic E-state index is -0.962. The molecule has 1 saturated heterocycles. The number of ether oxygens (including phenoxy) is 1. The fraction of sp³-hybridized carbons (Fsp3) is 0.538. The molecule has 0 saturated carbocycles. The van der Waals surface area contributed by atoms with Crippen LogP contribution in [-0.4, -0.2) is 42.4 Å². The van der Waals surface area contributed by atoms with E-state index in [1.165, 1.54) is 0 Å². The Balaban J connectivity index is 2.29. The van der Waals surface area contributed by atoms with E-state index in [0.717, 1.165) is 13.0 Å². The number of piperidine rings is 1. The van der Waals surface area contributed by atoms with E-state index in [1.54, 1.807) is 19.4 Å². The molecule has 19 heavy (non-hydrogen) atoms. The third kappa shape index (κ3) is 3.06. The number of halogens is 1. The number of carboxylic acids is 1. The Labute approximate surface area is 120 Å². The number of nitrogens with zero attached hydrogens (tertiary/aromatic N) is 2. The zero-order valence-corrected chi connectivity index (χ0v) is 12.6. The lowest BCUT2D eigenvalue weighted by molar-refractivity contribution is 0.0494. The Morgan fingerprint density at radius 3 is 3.00 bits per heavy atom.